The predicted octanol–water partition coefficient (Wildman–Crippen LogP) is 3.39. The molecular weight excluding hydrogens is 248 g/mol. The van der Waals surface area contributed by atoms with E-state index in [0.717, 1.165) is 11.3 Å². The summed E-state index contributed by atoms with van der Waals surface area (Å²) in [5.74, 6) is 7.03. The lowest BCUT2D eigenvalue weighted by Gasteiger charge is -2.18. The molecule has 1 unspecified atom stereocenters. The molecule has 0 amide bonds. The van der Waals surface area contributed by atoms with Crippen LogP contribution in [0.2, 0.25) is 0 Å². The minimum atomic E-state index is -0.0172. The Labute approximate surface area is 120 Å². The van der Waals surface area contributed by atoms with Gasteiger partial charge in [0.1, 0.15) is 12.4 Å². The van der Waals surface area contributed by atoms with Crippen LogP contribution in [0.15, 0.2) is 54.6 Å². The molecule has 3 heteroatoms. The molecule has 0 aliphatic rings. The zero-order valence-electron chi connectivity index (χ0n) is 12.0. The van der Waals surface area contributed by atoms with Crippen molar-refractivity contribution in [2.75, 3.05) is 6.61 Å². The number of ether oxygens (including phenoxy) is 1. The van der Waals surface area contributed by atoms with Crippen LogP contribution in [0.1, 0.15) is 36.9 Å². The number of benzene rings is 2. The monoisotopic (exact) mass is 270 g/mol. The highest BCUT2D eigenvalue weighted by molar-refractivity contribution is 5.27. The number of hydrazine groups is 1. The molecule has 2 aromatic rings. The first-order valence-electron chi connectivity index (χ1n) is 6.94. The third-order valence-electron chi connectivity index (χ3n) is 3.37. The van der Waals surface area contributed by atoms with Gasteiger partial charge in [-0.1, -0.05) is 56.3 Å². The van der Waals surface area contributed by atoms with Gasteiger partial charge in [0.05, 0.1) is 6.04 Å². The number of rotatable bonds is 6. The minimum Gasteiger partial charge on any atom is -0.492 e. The van der Waals surface area contributed by atoms with Crippen molar-refractivity contribution in [1.29, 1.82) is 0 Å². The maximum Gasteiger partial charge on any atom is 0.119 e. The molecule has 0 fully saturated rings. The number of hydrogen-bond acceptors (Lipinski definition) is 3. The van der Waals surface area contributed by atoms with Crippen molar-refractivity contribution in [1.82, 2.24) is 5.43 Å². The molecule has 3 nitrogen and oxygen atoms in total. The maximum atomic E-state index is 5.75. The molecule has 0 radical (unpaired) electrons. The van der Waals surface area contributed by atoms with Gasteiger partial charge in [-0.05, 0) is 29.2 Å². The van der Waals surface area contributed by atoms with Crippen LogP contribution in [-0.2, 0) is 0 Å². The van der Waals surface area contributed by atoms with E-state index in [1.807, 2.05) is 30.3 Å². The molecule has 3 N–H and O–H groups in total. The summed E-state index contributed by atoms with van der Waals surface area (Å²) in [5.41, 5.74) is 5.27. The Kier molecular flexibility index (Phi) is 5.16. The summed E-state index contributed by atoms with van der Waals surface area (Å²) in [7, 11) is 0. The normalized spacial score (nSPS) is 12.4. The molecular formula is C17H22N2O. The van der Waals surface area contributed by atoms with E-state index >= 15 is 0 Å². The molecule has 1 atom stereocenters. The van der Waals surface area contributed by atoms with Crippen LogP contribution in [0.5, 0.6) is 5.75 Å². The fourth-order valence-electron chi connectivity index (χ4n) is 2.05. The fraction of sp³-hybridized carbons (Fsp3) is 0.294. The number of nitrogens with two attached hydrogens (primary N) is 1. The molecule has 2 rings (SSSR count). The summed E-state index contributed by atoms with van der Waals surface area (Å²) in [5, 5.41) is 0. The lowest BCUT2D eigenvalue weighted by atomic mass is 9.99. The molecule has 0 aromatic heterocycles. The molecule has 20 heavy (non-hydrogen) atoms. The van der Waals surface area contributed by atoms with Crippen LogP contribution in [0, 0.1) is 0 Å². The molecule has 0 heterocycles. The highest BCUT2D eigenvalue weighted by Gasteiger charge is 2.11. The Balaban J connectivity index is 2.01. The number of para-hydroxylation sites is 1. The molecule has 0 bridgehead atoms. The summed E-state index contributed by atoms with van der Waals surface area (Å²) in [4.78, 5) is 0. The Morgan fingerprint density at radius 2 is 1.55 bits per heavy atom. The van der Waals surface area contributed by atoms with E-state index in [-0.39, 0.29) is 6.04 Å². The van der Waals surface area contributed by atoms with E-state index in [2.05, 4.69) is 43.5 Å². The van der Waals surface area contributed by atoms with Crippen LogP contribution in [0.4, 0.5) is 0 Å². The molecule has 2 aromatic carbocycles. The van der Waals surface area contributed by atoms with Gasteiger partial charge in [-0.25, -0.2) is 5.43 Å². The summed E-state index contributed by atoms with van der Waals surface area (Å²) in [6, 6.07) is 18.2. The van der Waals surface area contributed by atoms with Crippen molar-refractivity contribution in [3.8, 4) is 5.75 Å². The van der Waals surface area contributed by atoms with Crippen molar-refractivity contribution in [2.45, 2.75) is 25.8 Å². The van der Waals surface area contributed by atoms with Crippen molar-refractivity contribution in [3.05, 3.63) is 65.7 Å². The summed E-state index contributed by atoms with van der Waals surface area (Å²) in [6.07, 6.45) is 0. The zero-order valence-corrected chi connectivity index (χ0v) is 12.0. The molecule has 0 spiro atoms. The molecule has 0 aliphatic heterocycles. The van der Waals surface area contributed by atoms with Crippen LogP contribution in [0.25, 0.3) is 0 Å². The summed E-state index contributed by atoms with van der Waals surface area (Å²) < 4.78 is 5.75. The van der Waals surface area contributed by atoms with E-state index in [0.29, 0.717) is 12.5 Å². The predicted molar refractivity (Wildman–Crippen MR) is 82.5 cm³/mol. The lowest BCUT2D eigenvalue weighted by Crippen LogP contribution is -2.32. The van der Waals surface area contributed by atoms with Crippen LogP contribution >= 0.6 is 0 Å². The van der Waals surface area contributed by atoms with E-state index < -0.39 is 0 Å². The van der Waals surface area contributed by atoms with Crippen molar-refractivity contribution < 1.29 is 4.74 Å². The van der Waals surface area contributed by atoms with Gasteiger partial charge in [-0.3, -0.25) is 5.84 Å². The van der Waals surface area contributed by atoms with E-state index in [1.54, 1.807) is 0 Å². The minimum absolute atomic E-state index is 0.0172. The van der Waals surface area contributed by atoms with E-state index in [4.69, 9.17) is 10.6 Å². The smallest absolute Gasteiger partial charge is 0.119 e. The second kappa shape index (κ2) is 7.08. The Hall–Kier alpha value is -1.84. The third kappa shape index (κ3) is 3.83. The van der Waals surface area contributed by atoms with Gasteiger partial charge in [0, 0.05) is 0 Å². The quantitative estimate of drug-likeness (QED) is 0.625. The molecule has 0 saturated carbocycles. The van der Waals surface area contributed by atoms with Gasteiger partial charge < -0.3 is 4.74 Å². The average molecular weight is 270 g/mol. The van der Waals surface area contributed by atoms with Gasteiger partial charge in [-0.2, -0.15) is 0 Å². The first kappa shape index (κ1) is 14.6. The standard InChI is InChI=1S/C17H22N2O/c1-13(2)14-8-10-15(11-9-14)17(19-18)12-20-16-6-4-3-5-7-16/h3-11,13,17,19H,12,18H2,1-2H3. The van der Waals surface area contributed by atoms with Crippen LogP contribution < -0.4 is 16.0 Å². The van der Waals surface area contributed by atoms with Gasteiger partial charge in [0.25, 0.3) is 0 Å². The van der Waals surface area contributed by atoms with Gasteiger partial charge in [-0.15, -0.1) is 0 Å². The first-order chi connectivity index (χ1) is 9.70. The molecule has 106 valence electrons. The van der Waals surface area contributed by atoms with Crippen LogP contribution in [-0.4, -0.2) is 6.61 Å². The number of nitrogens with one attached hydrogen (secondary N) is 1. The van der Waals surface area contributed by atoms with Gasteiger partial charge in [0.15, 0.2) is 0 Å². The maximum absolute atomic E-state index is 5.75. The van der Waals surface area contributed by atoms with Gasteiger partial charge >= 0.3 is 0 Å². The van der Waals surface area contributed by atoms with Crippen molar-refractivity contribution in [3.63, 3.8) is 0 Å². The summed E-state index contributed by atoms with van der Waals surface area (Å²) >= 11 is 0. The Morgan fingerprint density at radius 3 is 2.10 bits per heavy atom. The zero-order chi connectivity index (χ0) is 14.4. The fourth-order valence-corrected chi connectivity index (χ4v) is 2.05. The van der Waals surface area contributed by atoms with E-state index in [9.17, 15) is 0 Å². The molecule has 0 aliphatic carbocycles. The van der Waals surface area contributed by atoms with Crippen molar-refractivity contribution >= 4 is 0 Å². The first-order valence-corrected chi connectivity index (χ1v) is 6.94. The second-order valence-corrected chi connectivity index (χ2v) is 5.16. The lowest BCUT2D eigenvalue weighted by molar-refractivity contribution is 0.267. The largest absolute Gasteiger partial charge is 0.492 e. The SMILES string of the molecule is CC(C)c1ccc(C(COc2ccccc2)NN)cc1. The topological polar surface area (TPSA) is 47.3 Å². The Morgan fingerprint density at radius 1 is 0.950 bits per heavy atom. The highest BCUT2D eigenvalue weighted by Crippen LogP contribution is 2.19. The highest BCUT2D eigenvalue weighted by atomic mass is 16.5. The summed E-state index contributed by atoms with van der Waals surface area (Å²) in [6.45, 7) is 4.87. The van der Waals surface area contributed by atoms with Crippen molar-refractivity contribution in [2.24, 2.45) is 5.84 Å². The van der Waals surface area contributed by atoms with Crippen LogP contribution in [0.3, 0.4) is 0 Å². The Bertz CT molecular complexity index is 508. The second-order valence-electron chi connectivity index (χ2n) is 5.16. The molecule has 0 saturated heterocycles. The average Bonchev–Trinajstić information content (AvgIpc) is 2.49. The van der Waals surface area contributed by atoms with E-state index in [1.165, 1.54) is 5.56 Å². The van der Waals surface area contributed by atoms with Gasteiger partial charge in [0.2, 0.25) is 0 Å². The number of hydrogen-bond donors (Lipinski definition) is 2. The third-order valence-corrected chi connectivity index (χ3v) is 3.37.